The van der Waals surface area contributed by atoms with Crippen LogP contribution in [-0.2, 0) is 5.41 Å². The lowest BCUT2D eigenvalue weighted by Gasteiger charge is -2.23. The van der Waals surface area contributed by atoms with Crippen molar-refractivity contribution in [2.24, 2.45) is 5.41 Å². The lowest BCUT2D eigenvalue weighted by atomic mass is 9.81. The third kappa shape index (κ3) is 4.60. The molecule has 2 heteroatoms. The van der Waals surface area contributed by atoms with Crippen LogP contribution < -0.4 is 5.32 Å². The Morgan fingerprint density at radius 3 is 2.19 bits per heavy atom. The molecule has 256 valence electrons. The molecule has 0 radical (unpaired) electrons. The highest BCUT2D eigenvalue weighted by Gasteiger charge is 2.38. The summed E-state index contributed by atoms with van der Waals surface area (Å²) in [7, 11) is 0. The van der Waals surface area contributed by atoms with E-state index in [-0.39, 0.29) is 10.8 Å². The van der Waals surface area contributed by atoms with Crippen LogP contribution in [0, 0.1) is 5.41 Å². The molecule has 0 bridgehead atoms. The van der Waals surface area contributed by atoms with E-state index in [0.29, 0.717) is 0 Å². The number of para-hydroxylation sites is 1. The Morgan fingerprint density at radius 1 is 0.537 bits per heavy atom. The summed E-state index contributed by atoms with van der Waals surface area (Å²) in [4.78, 5) is 0. The summed E-state index contributed by atoms with van der Waals surface area (Å²) in [6, 6.07) is 53.9. The Balaban J connectivity index is 1.07. The number of nitrogens with zero attached hydrogens (tertiary/aromatic N) is 1. The first-order valence-electron chi connectivity index (χ1n) is 18.9. The van der Waals surface area contributed by atoms with Gasteiger partial charge in [-0.3, -0.25) is 0 Å². The molecule has 0 amide bonds. The predicted octanol–water partition coefficient (Wildman–Crippen LogP) is 13.6. The zero-order chi connectivity index (χ0) is 36.0. The third-order valence-corrected chi connectivity index (χ3v) is 12.0. The number of anilines is 1. The summed E-state index contributed by atoms with van der Waals surface area (Å²) >= 11 is 0. The quantitative estimate of drug-likeness (QED) is 0.190. The van der Waals surface area contributed by atoms with Gasteiger partial charge in [-0.2, -0.15) is 0 Å². The van der Waals surface area contributed by atoms with Gasteiger partial charge >= 0.3 is 0 Å². The number of rotatable bonds is 5. The van der Waals surface area contributed by atoms with E-state index in [1.165, 1.54) is 82.8 Å². The summed E-state index contributed by atoms with van der Waals surface area (Å²) in [6.07, 6.45) is 15.4. The van der Waals surface area contributed by atoms with Crippen molar-refractivity contribution in [3.8, 4) is 39.1 Å². The molecule has 1 heterocycles. The Bertz CT molecular complexity index is 2980. The molecule has 1 N–H and O–H groups in total. The highest BCUT2D eigenvalue weighted by molar-refractivity contribution is 6.14. The first kappa shape index (κ1) is 30.9. The van der Waals surface area contributed by atoms with Crippen molar-refractivity contribution in [3.05, 3.63) is 205 Å². The molecule has 8 aromatic rings. The second-order valence-electron chi connectivity index (χ2n) is 15.6. The highest BCUT2D eigenvalue weighted by Crippen LogP contribution is 2.53. The fraction of sp³-hybridized carbons (Fsp3) is 0.0769. The van der Waals surface area contributed by atoms with Crippen LogP contribution in [-0.4, -0.2) is 4.57 Å². The van der Waals surface area contributed by atoms with E-state index in [2.05, 4.69) is 212 Å². The normalized spacial score (nSPS) is 15.8. The van der Waals surface area contributed by atoms with E-state index >= 15 is 0 Å². The topological polar surface area (TPSA) is 17.0 Å². The standard InChI is InChI=1S/C52H38N2/c1-51(2)46-18-7-5-17-42(46)43-23-24-44-45-32-37(21-25-48(45)54(50(44)49(43)51)40-22-20-34-12-3-4-13-36(34)31-40)35-14-11-15-38(30-35)41-16-6-8-19-47(41)53-39-26-29-52(33-39)27-9-10-28-52/h3-33,53H,1-2H3. The van der Waals surface area contributed by atoms with Gasteiger partial charge < -0.3 is 9.88 Å². The average molecular weight is 691 g/mol. The van der Waals surface area contributed by atoms with Crippen molar-refractivity contribution >= 4 is 38.3 Å². The number of hydrogen-bond acceptors (Lipinski definition) is 1. The Hall–Kier alpha value is -6.64. The van der Waals surface area contributed by atoms with Crippen molar-refractivity contribution in [2.75, 3.05) is 5.32 Å². The number of aromatic nitrogens is 1. The fourth-order valence-corrected chi connectivity index (χ4v) is 9.38. The second kappa shape index (κ2) is 11.4. The molecule has 54 heavy (non-hydrogen) atoms. The minimum absolute atomic E-state index is 0.104. The molecule has 0 saturated heterocycles. The SMILES string of the molecule is CC1(C)c2ccccc2-c2ccc3c4cc(-c5cccc(-c6ccccc6NC6=CC7(C=CC=C7)C=C6)c5)ccc4n(-c4ccc5ccccc5c4)c3c21. The Labute approximate surface area is 315 Å². The van der Waals surface area contributed by atoms with Crippen LogP contribution in [0.3, 0.4) is 0 Å². The van der Waals surface area contributed by atoms with E-state index < -0.39 is 0 Å². The number of allylic oxidation sites excluding steroid dienone is 7. The maximum atomic E-state index is 3.73. The van der Waals surface area contributed by atoms with E-state index in [1.54, 1.807) is 0 Å². The lowest BCUT2D eigenvalue weighted by molar-refractivity contribution is 0.664. The number of benzene rings is 7. The Kier molecular flexibility index (Phi) is 6.55. The van der Waals surface area contributed by atoms with Crippen molar-refractivity contribution in [2.45, 2.75) is 19.3 Å². The van der Waals surface area contributed by atoms with Crippen LogP contribution in [0.15, 0.2) is 194 Å². The third-order valence-electron chi connectivity index (χ3n) is 12.0. The lowest BCUT2D eigenvalue weighted by Crippen LogP contribution is -2.16. The number of hydrogen-bond donors (Lipinski definition) is 1. The zero-order valence-electron chi connectivity index (χ0n) is 30.3. The average Bonchev–Trinajstić information content (AvgIpc) is 3.98. The monoisotopic (exact) mass is 690 g/mol. The van der Waals surface area contributed by atoms with Gasteiger partial charge in [-0.15, -0.1) is 0 Å². The molecule has 0 unspecified atom stereocenters. The maximum Gasteiger partial charge on any atom is 0.0588 e. The van der Waals surface area contributed by atoms with Gasteiger partial charge in [0, 0.05) is 44.2 Å². The summed E-state index contributed by atoms with van der Waals surface area (Å²) in [6.45, 7) is 4.78. The minimum Gasteiger partial charge on any atom is -0.355 e. The van der Waals surface area contributed by atoms with Gasteiger partial charge in [-0.25, -0.2) is 0 Å². The first-order chi connectivity index (χ1) is 26.5. The van der Waals surface area contributed by atoms with Gasteiger partial charge in [0.2, 0.25) is 0 Å². The Morgan fingerprint density at radius 2 is 1.30 bits per heavy atom. The number of fused-ring (bicyclic) bond motifs is 8. The smallest absolute Gasteiger partial charge is 0.0588 e. The van der Waals surface area contributed by atoms with E-state index in [4.69, 9.17) is 0 Å². The highest BCUT2D eigenvalue weighted by atomic mass is 15.0. The summed E-state index contributed by atoms with van der Waals surface area (Å²) in [5.74, 6) is 0. The van der Waals surface area contributed by atoms with Gasteiger partial charge in [-0.05, 0) is 98.3 Å². The molecule has 0 saturated carbocycles. The molecule has 2 nitrogen and oxygen atoms in total. The van der Waals surface area contributed by atoms with Gasteiger partial charge in [0.05, 0.1) is 11.0 Å². The van der Waals surface area contributed by atoms with E-state index in [0.717, 1.165) is 11.4 Å². The van der Waals surface area contributed by atoms with Crippen molar-refractivity contribution in [3.63, 3.8) is 0 Å². The van der Waals surface area contributed by atoms with Crippen molar-refractivity contribution in [1.29, 1.82) is 0 Å². The second-order valence-corrected chi connectivity index (χ2v) is 15.6. The van der Waals surface area contributed by atoms with Gasteiger partial charge in [0.15, 0.2) is 0 Å². The van der Waals surface area contributed by atoms with Crippen LogP contribution in [0.4, 0.5) is 5.69 Å². The van der Waals surface area contributed by atoms with Crippen LogP contribution in [0.1, 0.15) is 25.0 Å². The molecule has 3 aliphatic rings. The van der Waals surface area contributed by atoms with Gasteiger partial charge in [0.1, 0.15) is 0 Å². The van der Waals surface area contributed by atoms with Gasteiger partial charge in [-0.1, -0.05) is 153 Å². The summed E-state index contributed by atoms with van der Waals surface area (Å²) < 4.78 is 2.53. The van der Waals surface area contributed by atoms with Crippen LogP contribution in [0.25, 0.3) is 71.6 Å². The number of nitrogens with one attached hydrogen (secondary N) is 1. The molecule has 1 spiro atoms. The van der Waals surface area contributed by atoms with Crippen molar-refractivity contribution in [1.82, 2.24) is 4.57 Å². The van der Waals surface area contributed by atoms with E-state index in [9.17, 15) is 0 Å². The van der Waals surface area contributed by atoms with Crippen LogP contribution in [0.2, 0.25) is 0 Å². The molecule has 7 aromatic carbocycles. The first-order valence-corrected chi connectivity index (χ1v) is 18.9. The molecule has 1 aromatic heterocycles. The molecule has 3 aliphatic carbocycles. The summed E-state index contributed by atoms with van der Waals surface area (Å²) in [5.41, 5.74) is 15.9. The molecule has 0 fully saturated rings. The van der Waals surface area contributed by atoms with Gasteiger partial charge in [0.25, 0.3) is 0 Å². The largest absolute Gasteiger partial charge is 0.355 e. The molecular weight excluding hydrogens is 653 g/mol. The minimum atomic E-state index is -0.150. The summed E-state index contributed by atoms with van der Waals surface area (Å²) in [5, 5.41) is 8.78. The molecule has 0 atom stereocenters. The fourth-order valence-electron chi connectivity index (χ4n) is 9.38. The zero-order valence-corrected chi connectivity index (χ0v) is 30.3. The van der Waals surface area contributed by atoms with Crippen molar-refractivity contribution < 1.29 is 0 Å². The predicted molar refractivity (Wildman–Crippen MR) is 228 cm³/mol. The van der Waals surface area contributed by atoms with Crippen LogP contribution >= 0.6 is 0 Å². The molecular formula is C52H38N2. The van der Waals surface area contributed by atoms with Crippen LogP contribution in [0.5, 0.6) is 0 Å². The maximum absolute atomic E-state index is 3.73. The van der Waals surface area contributed by atoms with E-state index in [1.807, 2.05) is 0 Å². The molecule has 0 aliphatic heterocycles. The molecule has 11 rings (SSSR count).